The number of alkyl halides is 3. The molecule has 4 rings (SSSR count). The highest BCUT2D eigenvalue weighted by molar-refractivity contribution is 7.71. The number of hydrogen-bond acceptors (Lipinski definition) is 4. The Labute approximate surface area is 189 Å². The highest BCUT2D eigenvalue weighted by Crippen LogP contribution is 2.44. The van der Waals surface area contributed by atoms with E-state index in [0.29, 0.717) is 34.6 Å². The minimum Gasteiger partial charge on any atom is -0.363 e. The highest BCUT2D eigenvalue weighted by Gasteiger charge is 2.46. The fraction of sp³-hybridized carbons (Fsp3) is 0.500. The van der Waals surface area contributed by atoms with Crippen LogP contribution in [-0.4, -0.2) is 30.7 Å². The summed E-state index contributed by atoms with van der Waals surface area (Å²) in [4.78, 5) is 0. The van der Waals surface area contributed by atoms with Crippen molar-refractivity contribution < 1.29 is 13.2 Å². The van der Waals surface area contributed by atoms with Crippen molar-refractivity contribution in [2.45, 2.75) is 70.8 Å². The molecule has 2 N–H and O–H groups in total. The molecule has 0 fully saturated rings. The quantitative estimate of drug-likeness (QED) is 0.415. The Kier molecular flexibility index (Phi) is 6.15. The topological polar surface area (TPSA) is 63.5 Å². The van der Waals surface area contributed by atoms with Crippen LogP contribution in [0.4, 0.5) is 19.0 Å². The van der Waals surface area contributed by atoms with Gasteiger partial charge in [-0.3, -0.25) is 9.67 Å². The molecule has 2 aromatic heterocycles. The Morgan fingerprint density at radius 3 is 2.56 bits per heavy atom. The largest absolute Gasteiger partial charge is 0.410 e. The molecule has 32 heavy (non-hydrogen) atoms. The second-order valence-electron chi connectivity index (χ2n) is 8.53. The second-order valence-corrected chi connectivity index (χ2v) is 8.92. The summed E-state index contributed by atoms with van der Waals surface area (Å²) in [6.07, 6.45) is -2.72. The Morgan fingerprint density at radius 1 is 1.22 bits per heavy atom. The van der Waals surface area contributed by atoms with E-state index in [0.717, 1.165) is 28.7 Å². The fourth-order valence-corrected chi connectivity index (χ4v) is 4.27. The van der Waals surface area contributed by atoms with E-state index < -0.39 is 18.3 Å². The Morgan fingerprint density at radius 2 is 1.94 bits per heavy atom. The molecule has 1 aromatic carbocycles. The van der Waals surface area contributed by atoms with E-state index in [9.17, 15) is 13.2 Å². The van der Waals surface area contributed by atoms with Crippen LogP contribution in [0, 0.1) is 4.77 Å². The van der Waals surface area contributed by atoms with Crippen LogP contribution >= 0.6 is 12.2 Å². The first-order valence-corrected chi connectivity index (χ1v) is 11.3. The minimum absolute atomic E-state index is 0.138. The van der Waals surface area contributed by atoms with Crippen LogP contribution in [0.3, 0.4) is 0 Å². The number of aromatic nitrogens is 5. The number of H-pyrrole nitrogens is 1. The van der Waals surface area contributed by atoms with Crippen LogP contribution in [-0.2, 0) is 6.54 Å². The normalized spacial score (nSPS) is 18.6. The Balaban J connectivity index is 1.71. The molecule has 10 heteroatoms. The van der Waals surface area contributed by atoms with Crippen LogP contribution in [0.5, 0.6) is 0 Å². The van der Waals surface area contributed by atoms with Gasteiger partial charge in [0.05, 0.1) is 6.04 Å². The van der Waals surface area contributed by atoms with Gasteiger partial charge in [-0.25, -0.2) is 4.68 Å². The van der Waals surface area contributed by atoms with Crippen LogP contribution in [0.1, 0.15) is 69.2 Å². The van der Waals surface area contributed by atoms with Crippen molar-refractivity contribution >= 4 is 18.0 Å². The molecule has 3 heterocycles. The van der Waals surface area contributed by atoms with E-state index in [4.69, 9.17) is 12.2 Å². The van der Waals surface area contributed by atoms with Gasteiger partial charge in [0, 0.05) is 19.0 Å². The van der Waals surface area contributed by atoms with Crippen LogP contribution in [0.2, 0.25) is 0 Å². The van der Waals surface area contributed by atoms with Gasteiger partial charge in [-0.2, -0.15) is 23.4 Å². The number of aromatic amines is 1. The molecule has 1 aliphatic heterocycles. The number of nitrogens with one attached hydrogen (secondary N) is 2. The third-order valence-electron chi connectivity index (χ3n) is 5.92. The summed E-state index contributed by atoms with van der Waals surface area (Å²) in [6, 6.07) is 7.20. The highest BCUT2D eigenvalue weighted by atomic mass is 32.1. The van der Waals surface area contributed by atoms with Gasteiger partial charge in [-0.05, 0) is 35.7 Å². The molecule has 0 saturated carbocycles. The number of halogens is 3. The van der Waals surface area contributed by atoms with Crippen molar-refractivity contribution in [3.8, 4) is 11.5 Å². The molecular weight excluding hydrogens is 437 g/mol. The van der Waals surface area contributed by atoms with E-state index >= 15 is 0 Å². The first-order valence-electron chi connectivity index (χ1n) is 10.9. The zero-order valence-corrected chi connectivity index (χ0v) is 19.1. The number of benzene rings is 1. The lowest BCUT2D eigenvalue weighted by atomic mass is 9.94. The lowest BCUT2D eigenvalue weighted by Crippen LogP contribution is -2.35. The molecule has 6 nitrogen and oxygen atoms in total. The van der Waals surface area contributed by atoms with Crippen molar-refractivity contribution in [2.75, 3.05) is 5.32 Å². The molecule has 0 radical (unpaired) electrons. The number of unbranched alkanes of at least 4 members (excludes halogenated alkanes) is 1. The maximum absolute atomic E-state index is 14.0. The average molecular weight is 465 g/mol. The number of rotatable bonds is 6. The van der Waals surface area contributed by atoms with E-state index in [1.807, 2.05) is 24.3 Å². The summed E-state index contributed by atoms with van der Waals surface area (Å²) in [5.74, 6) is 1.13. The molecule has 0 bridgehead atoms. The van der Waals surface area contributed by atoms with Gasteiger partial charge in [-0.15, -0.1) is 0 Å². The molecule has 2 atom stereocenters. The summed E-state index contributed by atoms with van der Waals surface area (Å²) in [6.45, 7) is 6.86. The maximum atomic E-state index is 14.0. The zero-order chi connectivity index (χ0) is 23.0. The fourth-order valence-electron chi connectivity index (χ4n) is 4.05. The van der Waals surface area contributed by atoms with Crippen LogP contribution in [0.15, 0.2) is 30.3 Å². The summed E-state index contributed by atoms with van der Waals surface area (Å²) >= 11 is 5.30. The van der Waals surface area contributed by atoms with Gasteiger partial charge in [0.1, 0.15) is 11.5 Å². The number of hydrogen-bond donors (Lipinski definition) is 2. The molecule has 0 aliphatic carbocycles. The average Bonchev–Trinajstić information content (AvgIpc) is 3.33. The summed E-state index contributed by atoms with van der Waals surface area (Å²) in [5.41, 5.74) is 2.34. The van der Waals surface area contributed by atoms with Gasteiger partial charge in [-0.1, -0.05) is 51.5 Å². The smallest absolute Gasteiger partial charge is 0.363 e. The van der Waals surface area contributed by atoms with Gasteiger partial charge >= 0.3 is 6.18 Å². The van der Waals surface area contributed by atoms with Gasteiger partial charge in [0.25, 0.3) is 0 Å². The van der Waals surface area contributed by atoms with Crippen molar-refractivity contribution in [3.05, 3.63) is 46.2 Å². The lowest BCUT2D eigenvalue weighted by Gasteiger charge is -2.33. The molecule has 172 valence electrons. The van der Waals surface area contributed by atoms with E-state index in [1.54, 1.807) is 10.6 Å². The van der Waals surface area contributed by atoms with Crippen molar-refractivity contribution in [1.29, 1.82) is 0 Å². The van der Waals surface area contributed by atoms with Gasteiger partial charge in [0.2, 0.25) is 0 Å². The van der Waals surface area contributed by atoms with E-state index in [2.05, 4.69) is 41.4 Å². The summed E-state index contributed by atoms with van der Waals surface area (Å²) < 4.78 is 45.3. The first-order chi connectivity index (χ1) is 15.2. The molecule has 0 saturated heterocycles. The Bertz CT molecular complexity index is 1130. The summed E-state index contributed by atoms with van der Waals surface area (Å²) in [7, 11) is 0. The molecule has 1 aliphatic rings. The predicted molar refractivity (Wildman–Crippen MR) is 120 cm³/mol. The third kappa shape index (κ3) is 4.32. The van der Waals surface area contributed by atoms with Crippen molar-refractivity contribution in [3.63, 3.8) is 0 Å². The monoisotopic (exact) mass is 464 g/mol. The molecule has 0 amide bonds. The SMILES string of the molecule is CCCCn1c(-c2cc3n(n2)C(C(F)(F)F)CC(c2ccc(C(C)C)cc2)N3)n[nH]c1=S. The third-order valence-corrected chi connectivity index (χ3v) is 6.23. The zero-order valence-electron chi connectivity index (χ0n) is 18.3. The Hall–Kier alpha value is -2.62. The number of anilines is 1. The predicted octanol–water partition coefficient (Wildman–Crippen LogP) is 6.39. The molecular formula is C22H27F3N6S. The number of fused-ring (bicyclic) bond motifs is 1. The minimum atomic E-state index is -4.43. The van der Waals surface area contributed by atoms with Crippen LogP contribution < -0.4 is 5.32 Å². The summed E-state index contributed by atoms with van der Waals surface area (Å²) in [5, 5.41) is 14.5. The molecule has 3 aromatic rings. The van der Waals surface area contributed by atoms with Crippen molar-refractivity contribution in [1.82, 2.24) is 24.5 Å². The lowest BCUT2D eigenvalue weighted by molar-refractivity contribution is -0.173. The molecule has 2 unspecified atom stereocenters. The van der Waals surface area contributed by atoms with E-state index in [-0.39, 0.29) is 6.42 Å². The van der Waals surface area contributed by atoms with Crippen LogP contribution in [0.25, 0.3) is 11.5 Å². The molecule has 0 spiro atoms. The number of nitrogens with zero attached hydrogens (tertiary/aromatic N) is 4. The maximum Gasteiger partial charge on any atom is 0.410 e. The van der Waals surface area contributed by atoms with E-state index in [1.165, 1.54) is 0 Å². The standard InChI is InChI=1S/C22H27F3N6S/c1-4-5-10-30-20(27-28-21(30)32)17-12-19-26-16(11-18(22(23,24)25)31(19)29-17)15-8-6-14(7-9-15)13(2)3/h6-9,12-13,16,18,26H,4-5,10-11H2,1-3H3,(H,28,32). The second kappa shape index (κ2) is 8.73. The first kappa shape index (κ1) is 22.6. The van der Waals surface area contributed by atoms with Gasteiger partial charge < -0.3 is 5.32 Å². The van der Waals surface area contributed by atoms with Crippen molar-refractivity contribution in [2.24, 2.45) is 0 Å². The van der Waals surface area contributed by atoms with Gasteiger partial charge in [0.15, 0.2) is 16.6 Å².